The number of hydrogen-bond donors (Lipinski definition) is 2. The molecule has 1 amide bonds. The van der Waals surface area contributed by atoms with Crippen LogP contribution >= 0.6 is 0 Å². The number of carbonyl (C=O) groups excluding carboxylic acids is 1. The van der Waals surface area contributed by atoms with Crippen LogP contribution in [-0.2, 0) is 11.3 Å². The van der Waals surface area contributed by atoms with Gasteiger partial charge in [-0.3, -0.25) is 4.79 Å². The lowest BCUT2D eigenvalue weighted by Crippen LogP contribution is -2.43. The number of nitrogens with one attached hydrogen (secondary N) is 1. The zero-order valence-corrected chi connectivity index (χ0v) is 15.3. The van der Waals surface area contributed by atoms with Gasteiger partial charge in [0.2, 0.25) is 5.91 Å². The number of carbonyl (C=O) groups is 1. The molecule has 1 aromatic carbocycles. The maximum absolute atomic E-state index is 11.7. The molecule has 0 bridgehead atoms. The molecule has 2 heterocycles. The number of amides is 1. The molecule has 1 saturated heterocycles. The molecule has 1 fully saturated rings. The molecule has 0 aliphatic carbocycles. The van der Waals surface area contributed by atoms with Gasteiger partial charge in [-0.2, -0.15) is 0 Å². The van der Waals surface area contributed by atoms with E-state index in [1.165, 1.54) is 11.1 Å². The number of nitrogens with zero attached hydrogens (tertiary/aromatic N) is 3. The summed E-state index contributed by atoms with van der Waals surface area (Å²) in [5, 5.41) is 13.7. The number of imidazole rings is 1. The third-order valence-electron chi connectivity index (χ3n) is 5.01. The minimum Gasteiger partial charge on any atom is -0.390 e. The minimum atomic E-state index is -0.504. The molecule has 25 heavy (non-hydrogen) atoms. The summed E-state index contributed by atoms with van der Waals surface area (Å²) in [4.78, 5) is 18.0. The summed E-state index contributed by atoms with van der Waals surface area (Å²) in [5.74, 6) is 0.241. The van der Waals surface area contributed by atoms with Crippen molar-refractivity contribution in [1.82, 2.24) is 19.8 Å². The molecular formula is C19H28N4O2. The van der Waals surface area contributed by atoms with Gasteiger partial charge in [0.1, 0.15) is 0 Å². The van der Waals surface area contributed by atoms with Gasteiger partial charge in [-0.25, -0.2) is 4.98 Å². The molecule has 1 aromatic heterocycles. The number of aryl methyl sites for hydroxylation is 2. The Labute approximate surface area is 148 Å². The maximum atomic E-state index is 11.7. The van der Waals surface area contributed by atoms with Gasteiger partial charge >= 0.3 is 0 Å². The lowest BCUT2D eigenvalue weighted by atomic mass is 10.1. The molecule has 6 nitrogen and oxygen atoms in total. The number of aliphatic hydroxyl groups is 1. The van der Waals surface area contributed by atoms with Crippen LogP contribution in [0.2, 0.25) is 0 Å². The molecule has 0 saturated carbocycles. The van der Waals surface area contributed by atoms with Crippen molar-refractivity contribution in [3.05, 3.63) is 29.6 Å². The maximum Gasteiger partial charge on any atom is 0.222 e. The van der Waals surface area contributed by atoms with E-state index in [0.29, 0.717) is 26.1 Å². The van der Waals surface area contributed by atoms with Crippen molar-refractivity contribution in [2.75, 3.05) is 19.6 Å². The van der Waals surface area contributed by atoms with E-state index in [1.54, 1.807) is 6.33 Å². The number of benzene rings is 1. The standard InChI is InChI=1S/C19H28N4O2/c1-13-7-17-18(8-14(13)2)23(12-21-17)11-16(24)9-20-15(3)10-22-6-4-5-19(22)25/h7-8,12,15-16,20,24H,4-6,9-11H2,1-3H3/t15-,16-/m1/s1. The molecule has 2 N–H and O–H groups in total. The van der Waals surface area contributed by atoms with Gasteiger partial charge in [0.25, 0.3) is 0 Å². The highest BCUT2D eigenvalue weighted by atomic mass is 16.3. The highest BCUT2D eigenvalue weighted by Gasteiger charge is 2.21. The average molecular weight is 344 g/mol. The Morgan fingerprint density at radius 2 is 2.04 bits per heavy atom. The molecular weight excluding hydrogens is 316 g/mol. The van der Waals surface area contributed by atoms with Gasteiger partial charge in [0, 0.05) is 32.1 Å². The van der Waals surface area contributed by atoms with E-state index >= 15 is 0 Å². The number of aliphatic hydroxyl groups excluding tert-OH is 1. The third-order valence-corrected chi connectivity index (χ3v) is 5.01. The Balaban J connectivity index is 1.53. The molecule has 0 radical (unpaired) electrons. The van der Waals surface area contributed by atoms with Crippen LogP contribution in [0.1, 0.15) is 30.9 Å². The molecule has 3 rings (SSSR count). The zero-order valence-electron chi connectivity index (χ0n) is 15.3. The van der Waals surface area contributed by atoms with Crippen LogP contribution in [0.4, 0.5) is 0 Å². The lowest BCUT2D eigenvalue weighted by molar-refractivity contribution is -0.127. The first-order valence-corrected chi connectivity index (χ1v) is 9.05. The number of likely N-dealkylation sites (tertiary alicyclic amines) is 1. The summed E-state index contributed by atoms with van der Waals surface area (Å²) in [5.41, 5.74) is 4.47. The molecule has 6 heteroatoms. The van der Waals surface area contributed by atoms with E-state index in [4.69, 9.17) is 0 Å². The summed E-state index contributed by atoms with van der Waals surface area (Å²) in [6.45, 7) is 8.78. The summed E-state index contributed by atoms with van der Waals surface area (Å²) in [6, 6.07) is 4.38. The molecule has 136 valence electrons. The molecule has 0 unspecified atom stereocenters. The first-order chi connectivity index (χ1) is 11.9. The molecule has 2 aromatic rings. The lowest BCUT2D eigenvalue weighted by Gasteiger charge is -2.23. The second-order valence-electron chi connectivity index (χ2n) is 7.23. The van der Waals surface area contributed by atoms with Crippen molar-refractivity contribution in [2.24, 2.45) is 0 Å². The Morgan fingerprint density at radius 1 is 1.28 bits per heavy atom. The summed E-state index contributed by atoms with van der Waals surface area (Å²) >= 11 is 0. The van der Waals surface area contributed by atoms with Crippen LogP contribution in [0.5, 0.6) is 0 Å². The Bertz CT molecular complexity index is 755. The van der Waals surface area contributed by atoms with Crippen LogP contribution in [-0.4, -0.2) is 57.2 Å². The van der Waals surface area contributed by atoms with E-state index < -0.39 is 6.10 Å². The van der Waals surface area contributed by atoms with Gasteiger partial charge in [0.05, 0.1) is 30.0 Å². The van der Waals surface area contributed by atoms with Crippen LogP contribution in [0.15, 0.2) is 18.5 Å². The second-order valence-corrected chi connectivity index (χ2v) is 7.23. The highest BCUT2D eigenvalue weighted by Crippen LogP contribution is 2.18. The van der Waals surface area contributed by atoms with Gasteiger partial charge in [-0.05, 0) is 50.5 Å². The highest BCUT2D eigenvalue weighted by molar-refractivity contribution is 5.78. The molecule has 0 spiro atoms. The van der Waals surface area contributed by atoms with Crippen molar-refractivity contribution >= 4 is 16.9 Å². The largest absolute Gasteiger partial charge is 0.390 e. The Morgan fingerprint density at radius 3 is 2.76 bits per heavy atom. The number of aromatic nitrogens is 2. The first kappa shape index (κ1) is 17.9. The first-order valence-electron chi connectivity index (χ1n) is 9.05. The Kier molecular flexibility index (Phi) is 5.39. The summed E-state index contributed by atoms with van der Waals surface area (Å²) in [7, 11) is 0. The van der Waals surface area contributed by atoms with Gasteiger partial charge in [0.15, 0.2) is 0 Å². The van der Waals surface area contributed by atoms with E-state index in [1.807, 2.05) is 9.47 Å². The van der Waals surface area contributed by atoms with Crippen LogP contribution in [0.25, 0.3) is 11.0 Å². The molecule has 2 atom stereocenters. The fraction of sp³-hybridized carbons (Fsp3) is 0.579. The summed E-state index contributed by atoms with van der Waals surface area (Å²) < 4.78 is 2.00. The van der Waals surface area contributed by atoms with E-state index in [-0.39, 0.29) is 11.9 Å². The van der Waals surface area contributed by atoms with Gasteiger partial charge in [-0.15, -0.1) is 0 Å². The predicted molar refractivity (Wildman–Crippen MR) is 98.5 cm³/mol. The van der Waals surface area contributed by atoms with Crippen molar-refractivity contribution in [3.63, 3.8) is 0 Å². The SMILES string of the molecule is Cc1cc2ncn(C[C@H](O)CN[C@H](C)CN3CCCC3=O)c2cc1C. The fourth-order valence-corrected chi connectivity index (χ4v) is 3.38. The normalized spacial score (nSPS) is 17.4. The summed E-state index contributed by atoms with van der Waals surface area (Å²) in [6.07, 6.45) is 2.91. The average Bonchev–Trinajstić information content (AvgIpc) is 3.13. The van der Waals surface area contributed by atoms with E-state index in [9.17, 15) is 9.90 Å². The monoisotopic (exact) mass is 344 g/mol. The second kappa shape index (κ2) is 7.54. The van der Waals surface area contributed by atoms with Crippen molar-refractivity contribution in [2.45, 2.75) is 52.3 Å². The zero-order chi connectivity index (χ0) is 18.0. The van der Waals surface area contributed by atoms with E-state index in [0.717, 1.165) is 24.0 Å². The van der Waals surface area contributed by atoms with Crippen LogP contribution in [0, 0.1) is 13.8 Å². The smallest absolute Gasteiger partial charge is 0.222 e. The van der Waals surface area contributed by atoms with E-state index in [2.05, 4.69) is 43.2 Å². The van der Waals surface area contributed by atoms with Crippen LogP contribution < -0.4 is 5.32 Å². The van der Waals surface area contributed by atoms with Gasteiger partial charge < -0.3 is 19.9 Å². The molecule has 1 aliphatic heterocycles. The minimum absolute atomic E-state index is 0.168. The van der Waals surface area contributed by atoms with Crippen LogP contribution in [0.3, 0.4) is 0 Å². The predicted octanol–water partition coefficient (Wildman–Crippen LogP) is 1.61. The van der Waals surface area contributed by atoms with Gasteiger partial charge in [-0.1, -0.05) is 0 Å². The van der Waals surface area contributed by atoms with Crippen molar-refractivity contribution in [1.29, 1.82) is 0 Å². The number of hydrogen-bond acceptors (Lipinski definition) is 4. The Hall–Kier alpha value is -1.92. The number of rotatable bonds is 7. The van der Waals surface area contributed by atoms with Crippen molar-refractivity contribution in [3.8, 4) is 0 Å². The fourth-order valence-electron chi connectivity index (χ4n) is 3.38. The quantitative estimate of drug-likeness (QED) is 0.801. The number of fused-ring (bicyclic) bond motifs is 1. The third kappa shape index (κ3) is 4.19. The topological polar surface area (TPSA) is 70.4 Å². The van der Waals surface area contributed by atoms with Crippen molar-refractivity contribution < 1.29 is 9.90 Å². The molecule has 1 aliphatic rings.